The topological polar surface area (TPSA) is 375 Å². The number of fused-ring (bicyclic) bond motifs is 2. The third-order valence-electron chi connectivity index (χ3n) is 11.3. The number of hydrogen-bond acceptors (Lipinski definition) is 17. The summed E-state index contributed by atoms with van der Waals surface area (Å²) in [6, 6.07) is 11.9. The van der Waals surface area contributed by atoms with Crippen LogP contribution < -0.4 is 32.6 Å². The molecule has 2 aliphatic heterocycles. The molecule has 2 amide bonds. The number of carbonyl (C=O) groups is 3. The minimum absolute atomic E-state index is 0.0305. The summed E-state index contributed by atoms with van der Waals surface area (Å²) in [6.45, 7) is 14.9. The molecule has 0 spiro atoms. The SMILES string of the molecule is C=CCO[C@H]1C[C@H](n2cc(C#CCNC(=O)OCC(=C)CCNC(=O)c3ccc(C(=O)O)c(-c4c5cc(C)c(=NCC)cc-5oc5cc(NCC)c(C)cc45)c3)c(=O)[nH]c2=O)O[C@@H]1COP(=O)(O)OP(=O)(O)OP(=O)(O)O. The lowest BCUT2D eigenvalue weighted by atomic mass is 9.88. The lowest BCUT2D eigenvalue weighted by molar-refractivity contribution is -0.0571. The molecule has 0 bridgehead atoms. The molecule has 3 aromatic rings. The van der Waals surface area contributed by atoms with Gasteiger partial charge >= 0.3 is 41.2 Å². The zero-order valence-corrected chi connectivity index (χ0v) is 44.5. The van der Waals surface area contributed by atoms with Crippen molar-refractivity contribution in [1.29, 1.82) is 0 Å². The number of aryl methyl sites for hydroxylation is 2. The van der Waals surface area contributed by atoms with Crippen molar-refractivity contribution < 1.29 is 84.5 Å². The zero-order valence-electron chi connectivity index (χ0n) is 41.8. The van der Waals surface area contributed by atoms with E-state index >= 15 is 0 Å². The Balaban J connectivity index is 1.05. The summed E-state index contributed by atoms with van der Waals surface area (Å²) >= 11 is 0. The molecule has 3 heterocycles. The maximum absolute atomic E-state index is 13.6. The van der Waals surface area contributed by atoms with E-state index in [9.17, 15) is 52.6 Å². The van der Waals surface area contributed by atoms with Gasteiger partial charge in [0, 0.05) is 72.1 Å². The van der Waals surface area contributed by atoms with E-state index in [0.717, 1.165) is 32.9 Å². The number of carbonyl (C=O) groups excluding carboxylic acids is 2. The van der Waals surface area contributed by atoms with Crippen LogP contribution in [-0.2, 0) is 41.1 Å². The first kappa shape index (κ1) is 59.4. The van der Waals surface area contributed by atoms with E-state index < -0.39 is 77.7 Å². The largest absolute Gasteiger partial charge is 0.490 e. The van der Waals surface area contributed by atoms with Crippen LogP contribution in [0.2, 0.25) is 0 Å². The average molecular weight is 1130 g/mol. The molecule has 6 rings (SSSR count). The van der Waals surface area contributed by atoms with Gasteiger partial charge in [-0.1, -0.05) is 24.5 Å². The number of aromatic nitrogens is 2. The Labute approximate surface area is 438 Å². The van der Waals surface area contributed by atoms with E-state index in [1.54, 1.807) is 0 Å². The number of rotatable bonds is 23. The van der Waals surface area contributed by atoms with Crippen LogP contribution >= 0.6 is 23.5 Å². The van der Waals surface area contributed by atoms with Crippen molar-refractivity contribution in [2.75, 3.05) is 51.3 Å². The van der Waals surface area contributed by atoms with Crippen molar-refractivity contribution in [1.82, 2.24) is 20.2 Å². The molecule has 26 nitrogen and oxygen atoms in total. The Morgan fingerprint density at radius 2 is 1.74 bits per heavy atom. The van der Waals surface area contributed by atoms with E-state index in [0.29, 0.717) is 52.1 Å². The first-order chi connectivity index (χ1) is 36.3. The molecule has 1 aromatic heterocycles. The zero-order chi connectivity index (χ0) is 56.4. The molecule has 77 heavy (non-hydrogen) atoms. The number of carboxylic acid groups (broad SMARTS) is 1. The van der Waals surface area contributed by atoms with Crippen molar-refractivity contribution >= 4 is 58.1 Å². The number of hydrogen-bond donors (Lipinski definition) is 9. The highest BCUT2D eigenvalue weighted by Gasteiger charge is 2.43. The number of H-pyrrole nitrogens is 1. The number of ether oxygens (including phenoxy) is 3. The van der Waals surface area contributed by atoms with Gasteiger partial charge in [-0.3, -0.25) is 28.7 Å². The number of alkyl carbamates (subject to hydrolysis) is 1. The number of anilines is 1. The Hall–Kier alpha value is -6.81. The highest BCUT2D eigenvalue weighted by molar-refractivity contribution is 7.66. The number of phosphoric ester groups is 1. The van der Waals surface area contributed by atoms with Gasteiger partial charge in [0.25, 0.3) is 11.5 Å². The molecule has 5 atom stereocenters. The Morgan fingerprint density at radius 3 is 2.43 bits per heavy atom. The third kappa shape index (κ3) is 15.9. The molecule has 0 saturated carbocycles. The fraction of sp³-hybridized carbons (Fsp3) is 0.333. The summed E-state index contributed by atoms with van der Waals surface area (Å²) in [5.41, 5.74) is 3.05. The van der Waals surface area contributed by atoms with Crippen molar-refractivity contribution in [3.8, 4) is 34.3 Å². The first-order valence-corrected chi connectivity index (χ1v) is 27.8. The Morgan fingerprint density at radius 1 is 0.987 bits per heavy atom. The predicted octanol–water partition coefficient (Wildman–Crippen LogP) is 5.38. The van der Waals surface area contributed by atoms with Crippen LogP contribution in [0.1, 0.15) is 70.3 Å². The molecule has 1 saturated heterocycles. The van der Waals surface area contributed by atoms with Crippen LogP contribution in [-0.4, -0.2) is 110 Å². The minimum atomic E-state index is -5.81. The second-order valence-corrected chi connectivity index (χ2v) is 21.4. The lowest BCUT2D eigenvalue weighted by Crippen LogP contribution is -2.34. The Kier molecular flexibility index (Phi) is 19.7. The number of amides is 2. The van der Waals surface area contributed by atoms with E-state index in [1.807, 2.05) is 52.0 Å². The van der Waals surface area contributed by atoms with E-state index in [4.69, 9.17) is 28.4 Å². The van der Waals surface area contributed by atoms with Crippen LogP contribution in [0.4, 0.5) is 10.5 Å². The summed E-state index contributed by atoms with van der Waals surface area (Å²) < 4.78 is 71.1. The molecule has 3 aliphatic rings. The smallest absolute Gasteiger partial charge is 0.478 e. The lowest BCUT2D eigenvalue weighted by Gasteiger charge is -2.21. The number of aromatic amines is 1. The summed E-state index contributed by atoms with van der Waals surface area (Å²) in [5, 5.41) is 20.3. The van der Waals surface area contributed by atoms with Crippen molar-refractivity contribution in [2.24, 2.45) is 4.99 Å². The van der Waals surface area contributed by atoms with Crippen LogP contribution in [0.15, 0.2) is 92.5 Å². The number of aromatic carboxylic acids is 1. The van der Waals surface area contributed by atoms with Crippen LogP contribution in [0, 0.1) is 25.7 Å². The summed E-state index contributed by atoms with van der Waals surface area (Å²) in [6.07, 6.45) is -1.96. The van der Waals surface area contributed by atoms with Gasteiger partial charge in [0.1, 0.15) is 35.8 Å². The standard InChI is InChI=1S/C48H55N6O20P3/c1-7-17-68-40-23-42(72-41(40)26-70-76(64,65)74-77(66,67)73-75(61,62)63)54-24-31(45(56)53-47(54)59)11-10-15-52-48(60)69-25-27(4)14-16-51-44(55)30-12-13-32(46(57)58)33(20-30)43-34-18-28(5)36(49-8-2)21-38(34)71-39-22-37(50-9-3)29(6)19-35(39)43/h7,12-13,18-22,24,40-42,49H,1,4,8-9,14-17,23,25-26H2,2-3,5-6H3,(H,51,55)(H,52,60)(H,57,58)(H,64,65)(H,66,67)(H,53,56,59)(H2,61,62,63)/t40-,41+,42+/m0/s1. The van der Waals surface area contributed by atoms with Gasteiger partial charge in [-0.05, 0) is 86.7 Å². The molecule has 412 valence electrons. The second kappa shape index (κ2) is 25.6. The van der Waals surface area contributed by atoms with Gasteiger partial charge in [-0.25, -0.2) is 28.1 Å². The summed E-state index contributed by atoms with van der Waals surface area (Å²) in [7, 11) is -17.0. The average Bonchev–Trinajstić information content (AvgIpc) is 3.77. The maximum Gasteiger partial charge on any atom is 0.490 e. The molecule has 9 N–H and O–H groups in total. The normalized spacial score (nSPS) is 17.2. The minimum Gasteiger partial charge on any atom is -0.478 e. The van der Waals surface area contributed by atoms with Gasteiger partial charge in [-0.15, -0.1) is 6.58 Å². The number of nitrogens with zero attached hydrogens (tertiary/aromatic N) is 2. The monoisotopic (exact) mass is 1130 g/mol. The number of benzene rings is 3. The third-order valence-corrected chi connectivity index (χ3v) is 15.1. The summed E-state index contributed by atoms with van der Waals surface area (Å²) in [5.74, 6) is 3.85. The van der Waals surface area contributed by atoms with Gasteiger partial charge in [-0.2, -0.15) is 8.62 Å². The number of phosphoric acid groups is 3. The predicted molar refractivity (Wildman–Crippen MR) is 277 cm³/mol. The quantitative estimate of drug-likeness (QED) is 0.0172. The molecule has 2 unspecified atom stereocenters. The van der Waals surface area contributed by atoms with E-state index in [1.165, 1.54) is 24.3 Å². The molecule has 2 aromatic carbocycles. The maximum atomic E-state index is 13.6. The van der Waals surface area contributed by atoms with Gasteiger partial charge in [0.15, 0.2) is 0 Å². The van der Waals surface area contributed by atoms with Gasteiger partial charge in [0.05, 0.1) is 36.8 Å². The van der Waals surface area contributed by atoms with Crippen molar-refractivity contribution in [2.45, 2.75) is 59.0 Å². The second-order valence-electron chi connectivity index (χ2n) is 17.0. The van der Waals surface area contributed by atoms with Crippen molar-refractivity contribution in [3.63, 3.8) is 0 Å². The molecular formula is C48H55N6O20P3. The molecule has 0 radical (unpaired) electrons. The van der Waals surface area contributed by atoms with Crippen molar-refractivity contribution in [3.05, 3.63) is 127 Å². The first-order valence-electron chi connectivity index (χ1n) is 23.3. The fourth-order valence-electron chi connectivity index (χ4n) is 7.93. The molecule has 29 heteroatoms. The molecule has 1 aliphatic carbocycles. The van der Waals surface area contributed by atoms with Gasteiger partial charge < -0.3 is 59.3 Å². The number of carboxylic acids is 1. The van der Waals surface area contributed by atoms with Crippen LogP contribution in [0.5, 0.6) is 0 Å². The Bertz CT molecular complexity index is 3480. The van der Waals surface area contributed by atoms with Crippen LogP contribution in [0.25, 0.3) is 33.4 Å². The fourth-order valence-corrected chi connectivity index (χ4v) is 11.0. The molecular weight excluding hydrogens is 1070 g/mol. The highest BCUT2D eigenvalue weighted by Crippen LogP contribution is 2.66. The molecule has 1 fully saturated rings. The van der Waals surface area contributed by atoms with Crippen LogP contribution in [0.3, 0.4) is 0 Å². The summed E-state index contributed by atoms with van der Waals surface area (Å²) in [4.78, 5) is 108. The highest BCUT2D eigenvalue weighted by atomic mass is 31.3. The van der Waals surface area contributed by atoms with Gasteiger partial charge in [0.2, 0.25) is 0 Å². The van der Waals surface area contributed by atoms with E-state index in [-0.39, 0.29) is 55.8 Å². The number of nitrogens with one attached hydrogen (secondary N) is 4. The van der Waals surface area contributed by atoms with E-state index in [2.05, 4.69) is 64.1 Å².